The summed E-state index contributed by atoms with van der Waals surface area (Å²) in [5.74, 6) is -0.395. The van der Waals surface area contributed by atoms with Gasteiger partial charge < -0.3 is 4.74 Å². The molecule has 0 saturated heterocycles. The van der Waals surface area contributed by atoms with Crippen molar-refractivity contribution in [3.8, 4) is 0 Å². The van der Waals surface area contributed by atoms with Crippen LogP contribution in [0.1, 0.15) is 12.5 Å². The maximum absolute atomic E-state index is 11.4. The number of carbonyl (C=O) groups excluding carboxylic acids is 1. The molecular formula is C11H11ClO2. The van der Waals surface area contributed by atoms with E-state index in [9.17, 15) is 4.79 Å². The number of rotatable bonds is 3. The predicted molar refractivity (Wildman–Crippen MR) is 56.9 cm³/mol. The zero-order valence-electron chi connectivity index (χ0n) is 7.87. The van der Waals surface area contributed by atoms with Crippen LogP contribution in [0.4, 0.5) is 0 Å². The van der Waals surface area contributed by atoms with Crippen LogP contribution in [0.25, 0.3) is 5.57 Å². The second-order valence-electron chi connectivity index (χ2n) is 2.61. The highest BCUT2D eigenvalue weighted by atomic mass is 35.5. The van der Waals surface area contributed by atoms with Crippen LogP contribution in [0, 0.1) is 0 Å². The van der Waals surface area contributed by atoms with Crippen LogP contribution >= 0.6 is 11.6 Å². The summed E-state index contributed by atoms with van der Waals surface area (Å²) in [5.41, 5.74) is 2.39. The second-order valence-corrected chi connectivity index (χ2v) is 2.83. The number of benzene rings is 1. The summed E-state index contributed by atoms with van der Waals surface area (Å²) in [6.45, 7) is 2.11. The highest BCUT2D eigenvalue weighted by Gasteiger charge is 2.11. The Kier molecular flexibility index (Phi) is 4.20. The Morgan fingerprint density at radius 2 is 2.07 bits per heavy atom. The van der Waals surface area contributed by atoms with Gasteiger partial charge in [0.2, 0.25) is 0 Å². The third-order valence-electron chi connectivity index (χ3n) is 1.69. The van der Waals surface area contributed by atoms with E-state index in [0.717, 1.165) is 5.56 Å². The molecule has 0 aliphatic heterocycles. The van der Waals surface area contributed by atoms with Crippen molar-refractivity contribution in [2.75, 3.05) is 6.61 Å². The first kappa shape index (κ1) is 10.8. The molecule has 0 aliphatic rings. The molecule has 0 aliphatic carbocycles. The van der Waals surface area contributed by atoms with Crippen LogP contribution in [0.5, 0.6) is 0 Å². The molecule has 0 aromatic heterocycles. The molecule has 1 aromatic carbocycles. The lowest BCUT2D eigenvalue weighted by Crippen LogP contribution is -2.06. The molecule has 2 nitrogen and oxygen atoms in total. The van der Waals surface area contributed by atoms with E-state index in [1.54, 1.807) is 6.92 Å². The Balaban J connectivity index is 2.89. The molecule has 1 aromatic rings. The molecule has 0 saturated carbocycles. The number of esters is 1. The van der Waals surface area contributed by atoms with E-state index in [0.29, 0.717) is 12.2 Å². The minimum atomic E-state index is -0.395. The number of halogens is 1. The van der Waals surface area contributed by atoms with Gasteiger partial charge in [-0.25, -0.2) is 4.79 Å². The quantitative estimate of drug-likeness (QED) is 0.567. The fraction of sp³-hybridized carbons (Fsp3) is 0.182. The van der Waals surface area contributed by atoms with Gasteiger partial charge in [-0.3, -0.25) is 0 Å². The predicted octanol–water partition coefficient (Wildman–Crippen LogP) is 2.83. The molecule has 74 valence electrons. The Labute approximate surface area is 88.1 Å². The smallest absolute Gasteiger partial charge is 0.339 e. The fourth-order valence-electron chi connectivity index (χ4n) is 1.05. The monoisotopic (exact) mass is 210 g/mol. The molecule has 0 spiro atoms. The Morgan fingerprint density at radius 1 is 1.43 bits per heavy atom. The van der Waals surface area contributed by atoms with Gasteiger partial charge in [0.05, 0.1) is 12.2 Å². The van der Waals surface area contributed by atoms with E-state index in [4.69, 9.17) is 16.3 Å². The topological polar surface area (TPSA) is 26.3 Å². The van der Waals surface area contributed by atoms with Gasteiger partial charge in [-0.15, -0.1) is 0 Å². The number of hydrogen-bond donors (Lipinski definition) is 0. The maximum Gasteiger partial charge on any atom is 0.339 e. The van der Waals surface area contributed by atoms with E-state index in [1.165, 1.54) is 5.54 Å². The van der Waals surface area contributed by atoms with Crippen LogP contribution in [0.2, 0.25) is 0 Å². The van der Waals surface area contributed by atoms with E-state index in [1.807, 2.05) is 30.3 Å². The van der Waals surface area contributed by atoms with Gasteiger partial charge in [0.25, 0.3) is 0 Å². The van der Waals surface area contributed by atoms with Crippen molar-refractivity contribution >= 4 is 23.1 Å². The average molecular weight is 211 g/mol. The summed E-state index contributed by atoms with van der Waals surface area (Å²) in [6.07, 6.45) is 0. The number of ether oxygens (including phenoxy) is 1. The lowest BCUT2D eigenvalue weighted by molar-refractivity contribution is -0.136. The molecule has 0 amide bonds. The van der Waals surface area contributed by atoms with Crippen molar-refractivity contribution in [3.63, 3.8) is 0 Å². The van der Waals surface area contributed by atoms with Crippen molar-refractivity contribution in [1.29, 1.82) is 0 Å². The van der Waals surface area contributed by atoms with Crippen LogP contribution < -0.4 is 0 Å². The summed E-state index contributed by atoms with van der Waals surface area (Å²) in [7, 11) is 0. The van der Waals surface area contributed by atoms with E-state index in [-0.39, 0.29) is 0 Å². The first-order valence-electron chi connectivity index (χ1n) is 4.32. The first-order chi connectivity index (χ1) is 6.79. The standard InChI is InChI=1S/C11H11ClO2/c1-2-14-11(13)10(8-12)9-6-4-3-5-7-9/h3-8H,2H2,1H3. The average Bonchev–Trinajstić information content (AvgIpc) is 2.21. The van der Waals surface area contributed by atoms with Crippen molar-refractivity contribution in [1.82, 2.24) is 0 Å². The van der Waals surface area contributed by atoms with Gasteiger partial charge in [0, 0.05) is 5.54 Å². The Bertz CT molecular complexity index is 330. The van der Waals surface area contributed by atoms with Gasteiger partial charge in [-0.05, 0) is 12.5 Å². The number of hydrogen-bond acceptors (Lipinski definition) is 2. The van der Waals surface area contributed by atoms with Crippen LogP contribution in [0.15, 0.2) is 35.9 Å². The molecule has 0 atom stereocenters. The van der Waals surface area contributed by atoms with Crippen molar-refractivity contribution in [3.05, 3.63) is 41.4 Å². The normalized spacial score (nSPS) is 11.1. The minimum Gasteiger partial charge on any atom is -0.462 e. The molecule has 14 heavy (non-hydrogen) atoms. The van der Waals surface area contributed by atoms with Crippen molar-refractivity contribution in [2.24, 2.45) is 0 Å². The zero-order valence-corrected chi connectivity index (χ0v) is 8.62. The van der Waals surface area contributed by atoms with Gasteiger partial charge in [-0.2, -0.15) is 0 Å². The Morgan fingerprint density at radius 3 is 2.57 bits per heavy atom. The first-order valence-corrected chi connectivity index (χ1v) is 4.76. The van der Waals surface area contributed by atoms with Crippen molar-refractivity contribution in [2.45, 2.75) is 6.92 Å². The molecular weight excluding hydrogens is 200 g/mol. The van der Waals surface area contributed by atoms with Gasteiger partial charge in [-0.1, -0.05) is 41.9 Å². The summed E-state index contributed by atoms with van der Waals surface area (Å²) >= 11 is 5.57. The Hall–Kier alpha value is -1.28. The molecule has 0 fully saturated rings. The third-order valence-corrected chi connectivity index (χ3v) is 1.91. The van der Waals surface area contributed by atoms with Crippen LogP contribution in [0.3, 0.4) is 0 Å². The summed E-state index contributed by atoms with van der Waals surface area (Å²) in [5, 5.41) is 0. The molecule has 3 heteroatoms. The minimum absolute atomic E-state index is 0.347. The van der Waals surface area contributed by atoms with E-state index in [2.05, 4.69) is 0 Å². The zero-order chi connectivity index (χ0) is 10.4. The van der Waals surface area contributed by atoms with Gasteiger partial charge >= 0.3 is 5.97 Å². The summed E-state index contributed by atoms with van der Waals surface area (Å²) in [6, 6.07) is 9.18. The molecule has 0 N–H and O–H groups in total. The summed E-state index contributed by atoms with van der Waals surface area (Å²) in [4.78, 5) is 11.4. The van der Waals surface area contributed by atoms with E-state index >= 15 is 0 Å². The second kappa shape index (κ2) is 5.45. The van der Waals surface area contributed by atoms with Crippen LogP contribution in [-0.4, -0.2) is 12.6 Å². The molecule has 0 heterocycles. The largest absolute Gasteiger partial charge is 0.462 e. The third kappa shape index (κ3) is 2.60. The van der Waals surface area contributed by atoms with E-state index < -0.39 is 5.97 Å². The highest BCUT2D eigenvalue weighted by Crippen LogP contribution is 2.16. The lowest BCUT2D eigenvalue weighted by Gasteiger charge is -2.05. The van der Waals surface area contributed by atoms with Crippen LogP contribution in [-0.2, 0) is 9.53 Å². The molecule has 0 bridgehead atoms. The highest BCUT2D eigenvalue weighted by molar-refractivity contribution is 6.34. The summed E-state index contributed by atoms with van der Waals surface area (Å²) < 4.78 is 4.86. The molecule has 1 rings (SSSR count). The SMILES string of the molecule is CCOC(=O)C(=CCl)c1ccccc1. The number of carbonyl (C=O) groups is 1. The molecule has 0 radical (unpaired) electrons. The van der Waals surface area contributed by atoms with Gasteiger partial charge in [0.15, 0.2) is 0 Å². The van der Waals surface area contributed by atoms with Crippen molar-refractivity contribution < 1.29 is 9.53 Å². The fourth-order valence-corrected chi connectivity index (χ4v) is 1.27. The van der Waals surface area contributed by atoms with Gasteiger partial charge in [0.1, 0.15) is 0 Å². The maximum atomic E-state index is 11.4. The molecule has 0 unspecified atom stereocenters. The lowest BCUT2D eigenvalue weighted by atomic mass is 10.1.